The molecule has 206 valence electrons. The molecule has 1 aliphatic rings. The van der Waals surface area contributed by atoms with Gasteiger partial charge in [0.05, 0.1) is 5.41 Å². The van der Waals surface area contributed by atoms with Crippen LogP contribution in [0.4, 0.5) is 8.78 Å². The van der Waals surface area contributed by atoms with Crippen LogP contribution in [0.2, 0.25) is 0 Å². The molecule has 1 N–H and O–H groups in total. The van der Waals surface area contributed by atoms with Gasteiger partial charge in [-0.15, -0.1) is 0 Å². The van der Waals surface area contributed by atoms with Crippen LogP contribution in [0.15, 0.2) is 94.3 Å². The van der Waals surface area contributed by atoms with Crippen molar-refractivity contribution < 1.29 is 13.5 Å². The van der Waals surface area contributed by atoms with Crippen LogP contribution in [0, 0.1) is 5.41 Å². The van der Waals surface area contributed by atoms with E-state index in [1.807, 2.05) is 45.9 Å². The number of hydrogen-bond acceptors (Lipinski definition) is 3. The summed E-state index contributed by atoms with van der Waals surface area (Å²) in [6.07, 6.45) is 11.7. The van der Waals surface area contributed by atoms with Crippen LogP contribution in [0.1, 0.15) is 74.1 Å². The third kappa shape index (κ3) is 11.1. The lowest BCUT2D eigenvalue weighted by Crippen LogP contribution is -2.38. The maximum absolute atomic E-state index is 15.1. The number of halogens is 3. The second-order valence-corrected chi connectivity index (χ2v) is 12.0. The van der Waals surface area contributed by atoms with Gasteiger partial charge in [-0.25, -0.2) is 8.78 Å². The molecule has 0 spiro atoms. The van der Waals surface area contributed by atoms with Crippen LogP contribution in [-0.4, -0.2) is 17.6 Å². The highest BCUT2D eigenvalue weighted by Crippen LogP contribution is 2.48. The van der Waals surface area contributed by atoms with Crippen molar-refractivity contribution in [1.29, 1.82) is 0 Å². The van der Waals surface area contributed by atoms with Crippen molar-refractivity contribution in [2.24, 2.45) is 5.41 Å². The van der Waals surface area contributed by atoms with E-state index in [-0.39, 0.29) is 18.1 Å². The fourth-order valence-corrected chi connectivity index (χ4v) is 4.49. The predicted octanol–water partition coefficient (Wildman–Crippen LogP) is 9.96. The Morgan fingerprint density at radius 3 is 2.32 bits per heavy atom. The Morgan fingerprint density at radius 2 is 1.81 bits per heavy atom. The van der Waals surface area contributed by atoms with E-state index in [0.29, 0.717) is 22.1 Å². The highest BCUT2D eigenvalue weighted by molar-refractivity contribution is 7.83. The summed E-state index contributed by atoms with van der Waals surface area (Å²) in [5, 5.41) is 5.54. The van der Waals surface area contributed by atoms with E-state index in [2.05, 4.69) is 37.7 Å². The molecule has 0 fully saturated rings. The summed E-state index contributed by atoms with van der Waals surface area (Å²) in [6.45, 7) is 24.2. The summed E-state index contributed by atoms with van der Waals surface area (Å²) in [6, 6.07) is 0.107. The number of ether oxygens (including phenoxy) is 1. The molecule has 2 nitrogen and oxygen atoms in total. The van der Waals surface area contributed by atoms with Crippen molar-refractivity contribution in [3.63, 3.8) is 0 Å². The smallest absolute Gasteiger partial charge is 0.254 e. The molecule has 0 aliphatic heterocycles. The van der Waals surface area contributed by atoms with E-state index in [9.17, 15) is 0 Å². The first kappa shape index (κ1) is 33.0. The second kappa shape index (κ2) is 13.7. The first-order chi connectivity index (χ1) is 16.9. The minimum atomic E-state index is -3.04. The van der Waals surface area contributed by atoms with Gasteiger partial charge in [0, 0.05) is 18.0 Å². The molecule has 0 saturated carbocycles. The average molecular weight is 552 g/mol. The standard InChI is InChI=1S/C31H44ClF2NOS/c1-21-14-15-28(35-25(5)36-29(6,7)8)13-11-12-26(18-21)27(20-37)19-30(9,31(10,33)34)23(3)16-22(2)17-24(4)32/h11-12,16-18,20,28,35,37H,1,3,5,13-15,19H2,2,4,6-10H3/b12-11-,22-16-,24-17+,26-18+,27-20+. The lowest BCUT2D eigenvalue weighted by atomic mass is 9.71. The summed E-state index contributed by atoms with van der Waals surface area (Å²) in [5.41, 5.74) is 1.61. The SMILES string of the molecule is C=C1/C=C(/C(=C/S)CC(C)(C(=C)/C=C(C)\C=C(/C)Cl)C(C)(F)F)\C=C/CC(NC(=C)OC(C)(C)C)CC1. The van der Waals surface area contributed by atoms with E-state index in [4.69, 9.17) is 16.3 Å². The maximum Gasteiger partial charge on any atom is 0.254 e. The highest BCUT2D eigenvalue weighted by atomic mass is 35.5. The van der Waals surface area contributed by atoms with Gasteiger partial charge in [0.25, 0.3) is 5.92 Å². The van der Waals surface area contributed by atoms with Crippen LogP contribution >= 0.6 is 24.2 Å². The first-order valence-electron chi connectivity index (χ1n) is 12.5. The van der Waals surface area contributed by atoms with E-state index >= 15 is 8.78 Å². The van der Waals surface area contributed by atoms with Crippen molar-refractivity contribution in [3.05, 3.63) is 94.3 Å². The van der Waals surface area contributed by atoms with Gasteiger partial charge in [0.15, 0.2) is 5.88 Å². The van der Waals surface area contributed by atoms with Crippen LogP contribution in [0.5, 0.6) is 0 Å². The number of rotatable bonds is 10. The molecule has 0 aromatic carbocycles. The second-order valence-electron chi connectivity index (χ2n) is 11.1. The van der Waals surface area contributed by atoms with E-state index in [1.54, 1.807) is 31.4 Å². The highest BCUT2D eigenvalue weighted by Gasteiger charge is 2.48. The fourth-order valence-electron chi connectivity index (χ4n) is 4.08. The molecule has 1 aliphatic carbocycles. The quantitative estimate of drug-likeness (QED) is 0.160. The zero-order valence-corrected chi connectivity index (χ0v) is 25.1. The molecule has 6 heteroatoms. The van der Waals surface area contributed by atoms with Crippen molar-refractivity contribution >= 4 is 24.2 Å². The molecule has 0 aromatic heterocycles. The van der Waals surface area contributed by atoms with Crippen LogP contribution in [-0.2, 0) is 4.74 Å². The molecule has 37 heavy (non-hydrogen) atoms. The van der Waals surface area contributed by atoms with Gasteiger partial charge in [0.2, 0.25) is 0 Å². The zero-order chi connectivity index (χ0) is 28.6. The van der Waals surface area contributed by atoms with E-state index < -0.39 is 11.3 Å². The van der Waals surface area contributed by atoms with Crippen LogP contribution in [0.25, 0.3) is 0 Å². The summed E-state index contributed by atoms with van der Waals surface area (Å²) in [4.78, 5) is 0. The number of nitrogens with one attached hydrogen (secondary N) is 1. The molecule has 2 atom stereocenters. The molecular weight excluding hydrogens is 508 g/mol. The topological polar surface area (TPSA) is 21.3 Å². The monoisotopic (exact) mass is 551 g/mol. The molecule has 2 unspecified atom stereocenters. The third-order valence-corrected chi connectivity index (χ3v) is 6.68. The summed E-state index contributed by atoms with van der Waals surface area (Å²) in [7, 11) is 0. The maximum atomic E-state index is 15.1. The van der Waals surface area contributed by atoms with Gasteiger partial charge >= 0.3 is 0 Å². The van der Waals surface area contributed by atoms with E-state index in [1.165, 1.54) is 0 Å². The predicted molar refractivity (Wildman–Crippen MR) is 160 cm³/mol. The Hall–Kier alpha value is -1.98. The molecule has 0 amide bonds. The molecule has 0 heterocycles. The lowest BCUT2D eigenvalue weighted by Gasteiger charge is -2.37. The summed E-state index contributed by atoms with van der Waals surface area (Å²) >= 11 is 10.4. The van der Waals surface area contributed by atoms with Gasteiger partial charge in [-0.05, 0) is 108 Å². The van der Waals surface area contributed by atoms with Gasteiger partial charge < -0.3 is 10.1 Å². The molecule has 0 saturated heterocycles. The molecule has 0 bridgehead atoms. The summed E-state index contributed by atoms with van der Waals surface area (Å²) < 4.78 is 36.0. The van der Waals surface area contributed by atoms with Gasteiger partial charge in [-0.1, -0.05) is 54.6 Å². The van der Waals surface area contributed by atoms with Gasteiger partial charge in [-0.2, -0.15) is 12.6 Å². The van der Waals surface area contributed by atoms with Crippen molar-refractivity contribution in [3.8, 4) is 0 Å². The lowest BCUT2D eigenvalue weighted by molar-refractivity contribution is -0.0758. The number of alkyl halides is 2. The van der Waals surface area contributed by atoms with Crippen molar-refractivity contribution in [1.82, 2.24) is 5.32 Å². The third-order valence-electron chi connectivity index (χ3n) is 6.26. The zero-order valence-electron chi connectivity index (χ0n) is 23.5. The fraction of sp³-hybridized carbons (Fsp3) is 0.484. The Bertz CT molecular complexity index is 1020. The largest absolute Gasteiger partial charge is 0.474 e. The number of thiol groups is 1. The Morgan fingerprint density at radius 1 is 1.19 bits per heavy atom. The van der Waals surface area contributed by atoms with Crippen molar-refractivity contribution in [2.45, 2.75) is 91.7 Å². The average Bonchev–Trinajstić information content (AvgIpc) is 2.79. The van der Waals surface area contributed by atoms with Gasteiger partial charge in [-0.3, -0.25) is 0 Å². The molecule has 0 aromatic rings. The van der Waals surface area contributed by atoms with Crippen molar-refractivity contribution in [2.75, 3.05) is 0 Å². The Balaban J connectivity index is 3.24. The van der Waals surface area contributed by atoms with E-state index in [0.717, 1.165) is 42.9 Å². The molecular formula is C31H44ClF2NOS. The molecule has 0 radical (unpaired) electrons. The minimum absolute atomic E-state index is 0.0492. The number of allylic oxidation sites excluding steroid dienone is 10. The normalized spacial score (nSPS) is 22.6. The van der Waals surface area contributed by atoms with Gasteiger partial charge in [0.1, 0.15) is 5.60 Å². The van der Waals surface area contributed by atoms with Crippen LogP contribution in [0.3, 0.4) is 0 Å². The first-order valence-corrected chi connectivity index (χ1v) is 13.4. The minimum Gasteiger partial charge on any atom is -0.474 e. The van der Waals surface area contributed by atoms with Crippen LogP contribution < -0.4 is 5.32 Å². The Labute approximate surface area is 234 Å². The summed E-state index contributed by atoms with van der Waals surface area (Å²) in [5.74, 6) is -2.51. The molecule has 1 rings (SSSR count). The Kier molecular flexibility index (Phi) is 12.2. The number of hydrogen-bond donors (Lipinski definition) is 2.